The van der Waals surface area contributed by atoms with Crippen molar-refractivity contribution in [1.82, 2.24) is 10.2 Å². The van der Waals surface area contributed by atoms with Gasteiger partial charge in [-0.2, -0.15) is 0 Å². The summed E-state index contributed by atoms with van der Waals surface area (Å²) in [5.41, 5.74) is 4.91. The summed E-state index contributed by atoms with van der Waals surface area (Å²) in [5, 5.41) is 3.29. The van der Waals surface area contributed by atoms with Gasteiger partial charge in [0.25, 0.3) is 0 Å². The predicted molar refractivity (Wildman–Crippen MR) is 77.4 cm³/mol. The maximum Gasteiger partial charge on any atom is 0.237 e. The highest BCUT2D eigenvalue weighted by Gasteiger charge is 2.34. The molecule has 0 fully saturated rings. The van der Waals surface area contributed by atoms with Crippen LogP contribution in [0.3, 0.4) is 0 Å². The van der Waals surface area contributed by atoms with E-state index in [0.29, 0.717) is 12.0 Å². The molecule has 4 nitrogen and oxygen atoms in total. The number of primary amides is 1. The average Bonchev–Trinajstić information content (AvgIpc) is 2.14. The second-order valence-corrected chi connectivity index (χ2v) is 6.38. The summed E-state index contributed by atoms with van der Waals surface area (Å²) in [6.07, 6.45) is 0.726. The fourth-order valence-electron chi connectivity index (χ4n) is 2.37. The normalized spacial score (nSPS) is 17.2. The molecule has 0 aromatic heterocycles. The van der Waals surface area contributed by atoms with Crippen molar-refractivity contribution < 1.29 is 4.79 Å². The maximum absolute atomic E-state index is 11.7. The molecule has 1 amide bonds. The number of nitrogens with zero attached hydrogens (tertiary/aromatic N) is 1. The molecule has 0 aromatic carbocycles. The Morgan fingerprint density at radius 3 is 2.11 bits per heavy atom. The summed E-state index contributed by atoms with van der Waals surface area (Å²) in [7, 11) is 2.10. The highest BCUT2D eigenvalue weighted by molar-refractivity contribution is 5.84. The van der Waals surface area contributed by atoms with E-state index in [0.717, 1.165) is 13.0 Å². The zero-order valence-electron chi connectivity index (χ0n) is 13.1. The molecule has 18 heavy (non-hydrogen) atoms. The van der Waals surface area contributed by atoms with Crippen LogP contribution in [0.1, 0.15) is 48.0 Å². The molecular weight excluding hydrogens is 226 g/mol. The Labute approximate surface area is 112 Å². The first-order valence-corrected chi connectivity index (χ1v) is 6.86. The molecule has 0 rings (SSSR count). The van der Waals surface area contributed by atoms with Crippen molar-refractivity contribution in [3.05, 3.63) is 0 Å². The number of amides is 1. The summed E-state index contributed by atoms with van der Waals surface area (Å²) < 4.78 is 0. The van der Waals surface area contributed by atoms with Gasteiger partial charge >= 0.3 is 0 Å². The number of nitrogens with one attached hydrogen (secondary N) is 1. The standard InChI is InChI=1S/C14H31N3O/c1-10(2)9-17(7)12(5)8-14(6,13(15)18)16-11(3)4/h10-12,16H,8-9H2,1-7H3,(H2,15,18). The number of nitrogens with two attached hydrogens (primary N) is 1. The molecule has 0 aliphatic rings. The van der Waals surface area contributed by atoms with E-state index in [4.69, 9.17) is 5.73 Å². The Morgan fingerprint density at radius 1 is 1.28 bits per heavy atom. The summed E-state index contributed by atoms with van der Waals surface area (Å²) >= 11 is 0. The van der Waals surface area contributed by atoms with E-state index in [9.17, 15) is 4.79 Å². The van der Waals surface area contributed by atoms with Crippen LogP contribution in [0.4, 0.5) is 0 Å². The largest absolute Gasteiger partial charge is 0.368 e. The van der Waals surface area contributed by atoms with Crippen molar-refractivity contribution in [2.24, 2.45) is 11.7 Å². The first-order chi connectivity index (χ1) is 8.08. The van der Waals surface area contributed by atoms with Crippen molar-refractivity contribution in [3.63, 3.8) is 0 Å². The summed E-state index contributed by atoms with van der Waals surface area (Å²) in [6.45, 7) is 13.5. The summed E-state index contributed by atoms with van der Waals surface area (Å²) in [5.74, 6) is 0.344. The van der Waals surface area contributed by atoms with E-state index < -0.39 is 5.54 Å². The molecule has 4 heteroatoms. The molecular formula is C14H31N3O. The third-order valence-electron chi connectivity index (χ3n) is 3.26. The monoisotopic (exact) mass is 257 g/mol. The molecule has 2 atom stereocenters. The first kappa shape index (κ1) is 17.4. The van der Waals surface area contributed by atoms with Gasteiger partial charge in [0.2, 0.25) is 5.91 Å². The fraction of sp³-hybridized carbons (Fsp3) is 0.929. The molecule has 2 unspecified atom stereocenters. The molecule has 0 aliphatic carbocycles. The van der Waals surface area contributed by atoms with E-state index >= 15 is 0 Å². The molecule has 0 spiro atoms. The molecule has 0 heterocycles. The van der Waals surface area contributed by atoms with Gasteiger partial charge in [0, 0.05) is 18.6 Å². The Bertz CT molecular complexity index is 266. The Hall–Kier alpha value is -0.610. The molecule has 0 bridgehead atoms. The zero-order chi connectivity index (χ0) is 14.5. The van der Waals surface area contributed by atoms with Crippen LogP contribution in [0.15, 0.2) is 0 Å². The highest BCUT2D eigenvalue weighted by Crippen LogP contribution is 2.17. The van der Waals surface area contributed by atoms with E-state index in [1.54, 1.807) is 0 Å². The van der Waals surface area contributed by atoms with Gasteiger partial charge in [0.1, 0.15) is 0 Å². The molecule has 0 saturated heterocycles. The number of carbonyl (C=O) groups excluding carboxylic acids is 1. The number of hydrogen-bond acceptors (Lipinski definition) is 3. The van der Waals surface area contributed by atoms with Gasteiger partial charge in [0.05, 0.1) is 5.54 Å². The van der Waals surface area contributed by atoms with E-state index in [2.05, 4.69) is 38.0 Å². The van der Waals surface area contributed by atoms with Crippen molar-refractivity contribution in [1.29, 1.82) is 0 Å². The molecule has 0 aliphatic heterocycles. The van der Waals surface area contributed by atoms with Crippen molar-refractivity contribution in [2.45, 2.75) is 65.6 Å². The quantitative estimate of drug-likeness (QED) is 0.694. The molecule has 3 N–H and O–H groups in total. The molecule has 0 radical (unpaired) electrons. The van der Waals surface area contributed by atoms with E-state index in [-0.39, 0.29) is 11.9 Å². The van der Waals surface area contributed by atoms with E-state index in [1.165, 1.54) is 0 Å². The van der Waals surface area contributed by atoms with Gasteiger partial charge in [-0.15, -0.1) is 0 Å². The van der Waals surface area contributed by atoms with Gasteiger partial charge in [0.15, 0.2) is 0 Å². The van der Waals surface area contributed by atoms with Crippen LogP contribution in [0, 0.1) is 5.92 Å². The van der Waals surface area contributed by atoms with Gasteiger partial charge in [-0.05, 0) is 47.1 Å². The van der Waals surface area contributed by atoms with Crippen molar-refractivity contribution in [3.8, 4) is 0 Å². The maximum atomic E-state index is 11.7. The second kappa shape index (κ2) is 7.10. The lowest BCUT2D eigenvalue weighted by molar-refractivity contribution is -0.124. The smallest absolute Gasteiger partial charge is 0.237 e. The lowest BCUT2D eigenvalue weighted by Crippen LogP contribution is -2.58. The van der Waals surface area contributed by atoms with Crippen LogP contribution in [0.2, 0.25) is 0 Å². The first-order valence-electron chi connectivity index (χ1n) is 6.86. The minimum absolute atomic E-state index is 0.241. The number of carbonyl (C=O) groups is 1. The van der Waals surface area contributed by atoms with Gasteiger partial charge in [-0.1, -0.05) is 13.8 Å². The second-order valence-electron chi connectivity index (χ2n) is 6.38. The van der Waals surface area contributed by atoms with Crippen LogP contribution in [-0.4, -0.2) is 42.0 Å². The Balaban J connectivity index is 4.63. The highest BCUT2D eigenvalue weighted by atomic mass is 16.1. The van der Waals surface area contributed by atoms with Gasteiger partial charge in [-0.25, -0.2) is 0 Å². The van der Waals surface area contributed by atoms with Crippen LogP contribution in [0.25, 0.3) is 0 Å². The van der Waals surface area contributed by atoms with Gasteiger partial charge < -0.3 is 16.0 Å². The third kappa shape index (κ3) is 5.83. The van der Waals surface area contributed by atoms with Crippen LogP contribution in [0.5, 0.6) is 0 Å². The lowest BCUT2D eigenvalue weighted by Gasteiger charge is -2.36. The molecule has 0 aromatic rings. The fourth-order valence-corrected chi connectivity index (χ4v) is 2.37. The average molecular weight is 257 g/mol. The Morgan fingerprint density at radius 2 is 1.78 bits per heavy atom. The molecule has 108 valence electrons. The number of rotatable bonds is 8. The Kier molecular flexibility index (Phi) is 6.86. The lowest BCUT2D eigenvalue weighted by atomic mass is 9.91. The predicted octanol–water partition coefficient (Wildman–Crippen LogP) is 1.59. The van der Waals surface area contributed by atoms with Crippen LogP contribution in [-0.2, 0) is 4.79 Å². The summed E-state index contributed by atoms with van der Waals surface area (Å²) in [6, 6.07) is 0.557. The third-order valence-corrected chi connectivity index (χ3v) is 3.26. The van der Waals surface area contributed by atoms with Gasteiger partial charge in [-0.3, -0.25) is 4.79 Å². The number of hydrogen-bond donors (Lipinski definition) is 2. The minimum Gasteiger partial charge on any atom is -0.368 e. The van der Waals surface area contributed by atoms with Crippen LogP contribution < -0.4 is 11.1 Å². The van der Waals surface area contributed by atoms with E-state index in [1.807, 2.05) is 20.8 Å². The minimum atomic E-state index is -0.640. The topological polar surface area (TPSA) is 58.4 Å². The van der Waals surface area contributed by atoms with Crippen molar-refractivity contribution in [2.75, 3.05) is 13.6 Å². The van der Waals surface area contributed by atoms with Crippen molar-refractivity contribution >= 4 is 5.91 Å². The summed E-state index contributed by atoms with van der Waals surface area (Å²) in [4.78, 5) is 14.0. The SMILES string of the molecule is CC(C)CN(C)C(C)CC(C)(NC(C)C)C(N)=O. The van der Waals surface area contributed by atoms with Crippen LogP contribution >= 0.6 is 0 Å². The zero-order valence-corrected chi connectivity index (χ0v) is 13.1. The molecule has 0 saturated carbocycles.